The minimum Gasteiger partial charge on any atom is -0.466 e. The van der Waals surface area contributed by atoms with Crippen molar-refractivity contribution in [3.8, 4) is 5.75 Å². The molecule has 18 heavy (non-hydrogen) atoms. The van der Waals surface area contributed by atoms with E-state index >= 15 is 0 Å². The topological polar surface area (TPSA) is 61.5 Å². The number of anilines is 1. The third-order valence-electron chi connectivity index (χ3n) is 1.99. The molecule has 1 aromatic carbocycles. The minimum atomic E-state index is -3.04. The lowest BCUT2D eigenvalue weighted by Crippen LogP contribution is -2.11. The summed E-state index contributed by atoms with van der Waals surface area (Å²) in [5, 5.41) is -0.0744. The number of benzene rings is 1. The maximum atomic E-state index is 12.2. The molecule has 0 saturated heterocycles. The number of nitrogen functional groups attached to an aromatic ring is 1. The van der Waals surface area contributed by atoms with E-state index in [1.54, 1.807) is 6.92 Å². The minimum absolute atomic E-state index is 0.0744. The van der Waals surface area contributed by atoms with Crippen molar-refractivity contribution >= 4 is 23.3 Å². The highest BCUT2D eigenvalue weighted by Gasteiger charge is 2.17. The molecule has 1 aromatic rings. The second-order valence-corrected chi connectivity index (χ2v) is 3.76. The van der Waals surface area contributed by atoms with Crippen LogP contribution in [-0.2, 0) is 16.0 Å². The molecule has 1 rings (SSSR count). The molecule has 0 aliphatic heterocycles. The van der Waals surface area contributed by atoms with Gasteiger partial charge in [0.2, 0.25) is 0 Å². The number of hydrogen-bond acceptors (Lipinski definition) is 4. The largest absolute Gasteiger partial charge is 0.466 e. The smallest absolute Gasteiger partial charge is 0.387 e. The molecule has 0 atom stereocenters. The van der Waals surface area contributed by atoms with Crippen LogP contribution in [0.25, 0.3) is 0 Å². The van der Waals surface area contributed by atoms with Crippen LogP contribution in [-0.4, -0.2) is 19.2 Å². The average Bonchev–Trinajstić information content (AvgIpc) is 2.23. The van der Waals surface area contributed by atoms with Gasteiger partial charge in [-0.3, -0.25) is 4.79 Å². The third kappa shape index (κ3) is 4.03. The van der Waals surface area contributed by atoms with Crippen molar-refractivity contribution in [1.82, 2.24) is 0 Å². The van der Waals surface area contributed by atoms with E-state index in [1.807, 2.05) is 0 Å². The van der Waals surface area contributed by atoms with Gasteiger partial charge in [-0.05, 0) is 19.1 Å². The van der Waals surface area contributed by atoms with E-state index in [0.717, 1.165) is 0 Å². The summed E-state index contributed by atoms with van der Waals surface area (Å²) >= 11 is 5.75. The Balaban J connectivity index is 3.03. The first kappa shape index (κ1) is 14.5. The number of nitrogens with two attached hydrogens (primary N) is 1. The molecule has 0 radical (unpaired) electrons. The summed E-state index contributed by atoms with van der Waals surface area (Å²) in [5.41, 5.74) is 5.95. The van der Waals surface area contributed by atoms with Crippen molar-refractivity contribution in [3.05, 3.63) is 22.7 Å². The van der Waals surface area contributed by atoms with Crippen molar-refractivity contribution in [1.29, 1.82) is 0 Å². The molecular weight excluding hydrogens is 268 g/mol. The van der Waals surface area contributed by atoms with Crippen molar-refractivity contribution in [2.75, 3.05) is 12.3 Å². The summed E-state index contributed by atoms with van der Waals surface area (Å²) in [7, 11) is 0. The van der Waals surface area contributed by atoms with E-state index in [9.17, 15) is 13.6 Å². The summed E-state index contributed by atoms with van der Waals surface area (Å²) in [6, 6.07) is 2.62. The van der Waals surface area contributed by atoms with Crippen LogP contribution >= 0.6 is 11.6 Å². The van der Waals surface area contributed by atoms with E-state index in [4.69, 9.17) is 22.1 Å². The van der Waals surface area contributed by atoms with Gasteiger partial charge in [0.15, 0.2) is 0 Å². The number of ether oxygens (including phenoxy) is 2. The third-order valence-corrected chi connectivity index (χ3v) is 2.27. The van der Waals surface area contributed by atoms with Crippen LogP contribution in [0.2, 0.25) is 5.02 Å². The summed E-state index contributed by atoms with van der Waals surface area (Å²) < 4.78 is 33.5. The molecular formula is C11H12ClF2NO3. The molecule has 0 amide bonds. The number of alkyl halides is 2. The predicted octanol–water partition coefficient (Wildman–Crippen LogP) is 2.63. The van der Waals surface area contributed by atoms with Crippen LogP contribution in [0, 0.1) is 0 Å². The molecule has 2 N–H and O–H groups in total. The Morgan fingerprint density at radius 1 is 1.50 bits per heavy atom. The van der Waals surface area contributed by atoms with Crippen LogP contribution in [0.5, 0.6) is 5.75 Å². The molecule has 0 heterocycles. The Morgan fingerprint density at radius 2 is 2.17 bits per heavy atom. The van der Waals surface area contributed by atoms with Gasteiger partial charge in [-0.1, -0.05) is 11.6 Å². The highest BCUT2D eigenvalue weighted by Crippen LogP contribution is 2.33. The molecule has 4 nitrogen and oxygen atoms in total. The predicted molar refractivity (Wildman–Crippen MR) is 62.8 cm³/mol. The molecule has 0 fully saturated rings. The summed E-state index contributed by atoms with van der Waals surface area (Å²) in [4.78, 5) is 11.3. The molecule has 7 heteroatoms. The first-order valence-corrected chi connectivity index (χ1v) is 5.50. The number of halogens is 3. The molecule has 0 aliphatic carbocycles. The SMILES string of the molecule is CCOC(=O)Cc1cc(N)cc(Cl)c1OC(F)F. The van der Waals surface area contributed by atoms with Crippen LogP contribution in [0.1, 0.15) is 12.5 Å². The fraction of sp³-hybridized carbons (Fsp3) is 0.364. The number of carbonyl (C=O) groups is 1. The first-order valence-electron chi connectivity index (χ1n) is 5.12. The van der Waals surface area contributed by atoms with Gasteiger partial charge in [0, 0.05) is 11.3 Å². The number of esters is 1. The highest BCUT2D eigenvalue weighted by atomic mass is 35.5. The zero-order valence-electron chi connectivity index (χ0n) is 9.58. The normalized spacial score (nSPS) is 10.5. The molecule has 0 saturated carbocycles. The molecule has 0 aliphatic rings. The Hall–Kier alpha value is -1.56. The summed E-state index contributed by atoms with van der Waals surface area (Å²) in [6.45, 7) is -1.20. The van der Waals surface area contributed by atoms with Gasteiger partial charge in [-0.2, -0.15) is 8.78 Å². The van der Waals surface area contributed by atoms with Crippen LogP contribution in [0.3, 0.4) is 0 Å². The molecule has 100 valence electrons. The lowest BCUT2D eigenvalue weighted by molar-refractivity contribution is -0.142. The molecule has 0 unspecified atom stereocenters. The lowest BCUT2D eigenvalue weighted by Gasteiger charge is -2.13. The summed E-state index contributed by atoms with van der Waals surface area (Å²) in [6.07, 6.45) is -0.235. The van der Waals surface area contributed by atoms with Gasteiger partial charge in [0.25, 0.3) is 0 Å². The number of hydrogen-bond donors (Lipinski definition) is 1. The van der Waals surface area contributed by atoms with Gasteiger partial charge < -0.3 is 15.2 Å². The van der Waals surface area contributed by atoms with Crippen molar-refractivity contribution in [2.24, 2.45) is 0 Å². The van der Waals surface area contributed by atoms with Crippen LogP contribution in [0.4, 0.5) is 14.5 Å². The Bertz CT molecular complexity index is 441. The Morgan fingerprint density at radius 3 is 2.72 bits per heavy atom. The van der Waals surface area contributed by atoms with Crippen LogP contribution < -0.4 is 10.5 Å². The van der Waals surface area contributed by atoms with Gasteiger partial charge in [0.05, 0.1) is 18.1 Å². The maximum absolute atomic E-state index is 12.2. The molecule has 0 aromatic heterocycles. The van der Waals surface area contributed by atoms with Crippen molar-refractivity contribution in [3.63, 3.8) is 0 Å². The molecule has 0 spiro atoms. The van der Waals surface area contributed by atoms with Crippen molar-refractivity contribution < 1.29 is 23.0 Å². The Labute approximate surface area is 108 Å². The van der Waals surface area contributed by atoms with E-state index in [1.165, 1.54) is 12.1 Å². The van der Waals surface area contributed by atoms with E-state index < -0.39 is 12.6 Å². The zero-order valence-corrected chi connectivity index (χ0v) is 10.3. The van der Waals surface area contributed by atoms with E-state index in [-0.39, 0.29) is 35.1 Å². The fourth-order valence-corrected chi connectivity index (χ4v) is 1.69. The van der Waals surface area contributed by atoms with E-state index in [0.29, 0.717) is 0 Å². The van der Waals surface area contributed by atoms with Crippen LogP contribution in [0.15, 0.2) is 12.1 Å². The average molecular weight is 280 g/mol. The zero-order chi connectivity index (χ0) is 13.7. The lowest BCUT2D eigenvalue weighted by atomic mass is 10.1. The number of carbonyl (C=O) groups excluding carboxylic acids is 1. The van der Waals surface area contributed by atoms with Crippen molar-refractivity contribution in [2.45, 2.75) is 20.0 Å². The van der Waals surface area contributed by atoms with Gasteiger partial charge in [0.1, 0.15) is 5.75 Å². The second kappa shape index (κ2) is 6.39. The van der Waals surface area contributed by atoms with E-state index in [2.05, 4.69) is 4.74 Å². The molecule has 0 bridgehead atoms. The maximum Gasteiger partial charge on any atom is 0.387 e. The van der Waals surface area contributed by atoms with Gasteiger partial charge in [-0.15, -0.1) is 0 Å². The monoisotopic (exact) mass is 279 g/mol. The van der Waals surface area contributed by atoms with Gasteiger partial charge in [-0.25, -0.2) is 0 Å². The highest BCUT2D eigenvalue weighted by molar-refractivity contribution is 6.32. The number of rotatable bonds is 5. The second-order valence-electron chi connectivity index (χ2n) is 3.35. The summed E-state index contributed by atoms with van der Waals surface area (Å²) in [5.74, 6) is -0.827. The fourth-order valence-electron chi connectivity index (χ4n) is 1.39. The quantitative estimate of drug-likeness (QED) is 0.665. The standard InChI is InChI=1S/C11H12ClF2NO3/c1-2-17-9(16)4-6-3-7(15)5-8(12)10(6)18-11(13)14/h3,5,11H,2,4,15H2,1H3. The van der Waals surface area contributed by atoms with Gasteiger partial charge >= 0.3 is 12.6 Å². The Kier molecular flexibility index (Phi) is 5.15. The first-order chi connectivity index (χ1) is 8.43.